The molecule has 0 aliphatic carbocycles. The highest BCUT2D eigenvalue weighted by atomic mass is 35.5. The van der Waals surface area contributed by atoms with Crippen molar-refractivity contribution in [3.8, 4) is 0 Å². The molecular formula is C18H18ClFN2. The molecule has 22 heavy (non-hydrogen) atoms. The van der Waals surface area contributed by atoms with Crippen LogP contribution in [0.5, 0.6) is 0 Å². The molecule has 0 amide bonds. The van der Waals surface area contributed by atoms with Crippen LogP contribution in [0.2, 0.25) is 5.02 Å². The maximum Gasteiger partial charge on any atom is 0.142 e. The Labute approximate surface area is 135 Å². The van der Waals surface area contributed by atoms with Gasteiger partial charge in [-0.3, -0.25) is 0 Å². The van der Waals surface area contributed by atoms with Crippen LogP contribution in [0, 0.1) is 5.82 Å². The monoisotopic (exact) mass is 316 g/mol. The van der Waals surface area contributed by atoms with Crippen molar-refractivity contribution in [2.24, 2.45) is 10.2 Å². The van der Waals surface area contributed by atoms with Gasteiger partial charge in [0.25, 0.3) is 0 Å². The second-order valence-electron chi connectivity index (χ2n) is 5.01. The summed E-state index contributed by atoms with van der Waals surface area (Å²) in [6.45, 7) is 2.19. The van der Waals surface area contributed by atoms with Gasteiger partial charge in [-0.25, -0.2) is 4.39 Å². The quantitative estimate of drug-likeness (QED) is 0.512. The van der Waals surface area contributed by atoms with E-state index < -0.39 is 5.82 Å². The van der Waals surface area contributed by atoms with Crippen LogP contribution in [0.4, 0.5) is 4.39 Å². The lowest BCUT2D eigenvalue weighted by molar-refractivity contribution is 0.628. The largest absolute Gasteiger partial charge is 0.205 e. The zero-order chi connectivity index (χ0) is 15.8. The summed E-state index contributed by atoms with van der Waals surface area (Å²) in [6.07, 6.45) is 6.67. The van der Waals surface area contributed by atoms with Crippen molar-refractivity contribution in [3.05, 3.63) is 70.0 Å². The van der Waals surface area contributed by atoms with Crippen molar-refractivity contribution in [1.82, 2.24) is 0 Å². The third-order valence-corrected chi connectivity index (χ3v) is 3.53. The summed E-state index contributed by atoms with van der Waals surface area (Å²) in [7, 11) is 0. The fourth-order valence-electron chi connectivity index (χ4n) is 1.94. The standard InChI is InChI=1S/C18H18ClFN2/c1-2-3-4-14-5-7-15(8-6-14)12-21-22-13-16-9-10-17(19)18(20)11-16/h5-13H,2-4H2,1H3. The van der Waals surface area contributed by atoms with E-state index in [1.165, 1.54) is 36.8 Å². The number of nitrogens with zero attached hydrogens (tertiary/aromatic N) is 2. The van der Waals surface area contributed by atoms with E-state index in [0.717, 1.165) is 12.0 Å². The average Bonchev–Trinajstić information content (AvgIpc) is 2.54. The predicted octanol–water partition coefficient (Wildman–Crippen LogP) is 5.27. The highest BCUT2D eigenvalue weighted by Crippen LogP contribution is 2.14. The van der Waals surface area contributed by atoms with Gasteiger partial charge in [0.05, 0.1) is 17.5 Å². The van der Waals surface area contributed by atoms with Crippen LogP contribution in [0.15, 0.2) is 52.7 Å². The zero-order valence-electron chi connectivity index (χ0n) is 12.5. The number of hydrogen-bond acceptors (Lipinski definition) is 2. The Morgan fingerprint density at radius 3 is 2.27 bits per heavy atom. The van der Waals surface area contributed by atoms with E-state index in [1.54, 1.807) is 12.3 Å². The summed E-state index contributed by atoms with van der Waals surface area (Å²) in [5, 5.41) is 7.98. The maximum atomic E-state index is 13.2. The second-order valence-corrected chi connectivity index (χ2v) is 5.42. The number of unbranched alkanes of at least 4 members (excludes halogenated alkanes) is 1. The van der Waals surface area contributed by atoms with Gasteiger partial charge in [0.15, 0.2) is 0 Å². The number of hydrogen-bond donors (Lipinski definition) is 0. The van der Waals surface area contributed by atoms with Crippen molar-refractivity contribution < 1.29 is 4.39 Å². The Morgan fingerprint density at radius 1 is 1.00 bits per heavy atom. The Balaban J connectivity index is 1.93. The number of rotatable bonds is 6. The van der Waals surface area contributed by atoms with Gasteiger partial charge >= 0.3 is 0 Å². The Morgan fingerprint density at radius 2 is 1.64 bits per heavy atom. The van der Waals surface area contributed by atoms with E-state index in [-0.39, 0.29) is 5.02 Å². The van der Waals surface area contributed by atoms with Gasteiger partial charge in [0, 0.05) is 0 Å². The summed E-state index contributed by atoms with van der Waals surface area (Å²) >= 11 is 5.62. The van der Waals surface area contributed by atoms with Gasteiger partial charge in [0.1, 0.15) is 5.82 Å². The van der Waals surface area contributed by atoms with Gasteiger partial charge in [-0.2, -0.15) is 10.2 Å². The summed E-state index contributed by atoms with van der Waals surface area (Å²) in [6, 6.07) is 12.8. The molecule has 0 aliphatic rings. The molecule has 0 unspecified atom stereocenters. The highest BCUT2D eigenvalue weighted by molar-refractivity contribution is 6.30. The molecule has 0 radical (unpaired) electrons. The first-order valence-corrected chi connectivity index (χ1v) is 7.67. The van der Waals surface area contributed by atoms with Crippen molar-refractivity contribution in [2.45, 2.75) is 26.2 Å². The van der Waals surface area contributed by atoms with Crippen LogP contribution in [0.25, 0.3) is 0 Å². The minimum atomic E-state index is -0.461. The summed E-state index contributed by atoms with van der Waals surface area (Å²) in [5.41, 5.74) is 2.94. The second kappa shape index (κ2) is 8.44. The summed E-state index contributed by atoms with van der Waals surface area (Å²) < 4.78 is 13.2. The molecule has 2 aromatic rings. The topological polar surface area (TPSA) is 24.7 Å². The number of benzene rings is 2. The molecule has 0 heterocycles. The van der Waals surface area contributed by atoms with Crippen LogP contribution in [0.1, 0.15) is 36.5 Å². The van der Waals surface area contributed by atoms with E-state index >= 15 is 0 Å². The van der Waals surface area contributed by atoms with Crippen LogP contribution in [-0.4, -0.2) is 12.4 Å². The zero-order valence-corrected chi connectivity index (χ0v) is 13.2. The van der Waals surface area contributed by atoms with Crippen LogP contribution in [-0.2, 0) is 6.42 Å². The minimum Gasteiger partial charge on any atom is -0.205 e. The summed E-state index contributed by atoms with van der Waals surface area (Å²) in [5.74, 6) is -0.461. The van der Waals surface area contributed by atoms with E-state index in [1.807, 2.05) is 12.1 Å². The molecule has 2 rings (SSSR count). The minimum absolute atomic E-state index is 0.101. The van der Waals surface area contributed by atoms with Crippen molar-refractivity contribution in [3.63, 3.8) is 0 Å². The molecule has 0 aliphatic heterocycles. The third kappa shape index (κ3) is 5.08. The highest BCUT2D eigenvalue weighted by Gasteiger charge is 1.98. The summed E-state index contributed by atoms with van der Waals surface area (Å²) in [4.78, 5) is 0. The molecule has 4 heteroatoms. The van der Waals surface area contributed by atoms with Crippen molar-refractivity contribution in [2.75, 3.05) is 0 Å². The molecule has 0 bridgehead atoms. The van der Waals surface area contributed by atoms with Crippen LogP contribution in [0.3, 0.4) is 0 Å². The van der Waals surface area contributed by atoms with Gasteiger partial charge in [0.2, 0.25) is 0 Å². The first-order valence-electron chi connectivity index (χ1n) is 7.29. The lowest BCUT2D eigenvalue weighted by Crippen LogP contribution is -1.87. The molecule has 0 saturated carbocycles. The van der Waals surface area contributed by atoms with Gasteiger partial charge < -0.3 is 0 Å². The van der Waals surface area contributed by atoms with Crippen molar-refractivity contribution >= 4 is 24.0 Å². The molecule has 0 N–H and O–H groups in total. The molecule has 0 spiro atoms. The fraction of sp³-hybridized carbons (Fsp3) is 0.222. The van der Waals surface area contributed by atoms with Crippen LogP contribution >= 0.6 is 11.6 Å². The smallest absolute Gasteiger partial charge is 0.142 e. The molecule has 2 aromatic carbocycles. The van der Waals surface area contributed by atoms with Gasteiger partial charge in [-0.05, 0) is 41.7 Å². The fourth-order valence-corrected chi connectivity index (χ4v) is 2.06. The van der Waals surface area contributed by atoms with E-state index in [0.29, 0.717) is 5.56 Å². The van der Waals surface area contributed by atoms with E-state index in [4.69, 9.17) is 11.6 Å². The molecule has 0 fully saturated rings. The lowest BCUT2D eigenvalue weighted by Gasteiger charge is -1.99. The normalized spacial score (nSPS) is 11.6. The molecular weight excluding hydrogens is 299 g/mol. The Kier molecular flexibility index (Phi) is 6.28. The number of aryl methyl sites for hydroxylation is 1. The molecule has 0 atom stereocenters. The molecule has 0 aromatic heterocycles. The number of halogens is 2. The first kappa shape index (κ1) is 16.4. The van der Waals surface area contributed by atoms with E-state index in [9.17, 15) is 4.39 Å². The first-order chi connectivity index (χ1) is 10.7. The SMILES string of the molecule is CCCCc1ccc(C=NN=Cc2ccc(Cl)c(F)c2)cc1. The Hall–Kier alpha value is -2.00. The molecule has 114 valence electrons. The molecule has 0 saturated heterocycles. The van der Waals surface area contributed by atoms with E-state index in [2.05, 4.69) is 29.3 Å². The van der Waals surface area contributed by atoms with Gasteiger partial charge in [-0.1, -0.05) is 55.3 Å². The molecule has 2 nitrogen and oxygen atoms in total. The van der Waals surface area contributed by atoms with Crippen molar-refractivity contribution in [1.29, 1.82) is 0 Å². The van der Waals surface area contributed by atoms with Gasteiger partial charge in [-0.15, -0.1) is 0 Å². The predicted molar refractivity (Wildman–Crippen MR) is 91.7 cm³/mol. The van der Waals surface area contributed by atoms with Crippen LogP contribution < -0.4 is 0 Å². The third-order valence-electron chi connectivity index (χ3n) is 3.22. The Bertz CT molecular complexity index is 663. The lowest BCUT2D eigenvalue weighted by atomic mass is 10.1. The average molecular weight is 317 g/mol. The maximum absolute atomic E-state index is 13.2.